The molecule has 1 aromatic carbocycles. The van der Waals surface area contributed by atoms with E-state index in [0.717, 1.165) is 65.2 Å². The molecule has 0 unspecified atom stereocenters. The fourth-order valence-corrected chi connectivity index (χ4v) is 5.64. The van der Waals surface area contributed by atoms with Gasteiger partial charge in [-0.3, -0.25) is 0 Å². The van der Waals surface area contributed by atoms with Gasteiger partial charge in [0.2, 0.25) is 10.0 Å². The number of halogens is 1. The average Bonchev–Trinajstić information content (AvgIpc) is 3.27. The molecular formula is C23H26BrN5O3S. The number of piperidine rings is 1. The number of nitrogens with zero attached hydrogens (tertiary/aromatic N) is 5. The Hall–Kier alpha value is -2.30. The van der Waals surface area contributed by atoms with Gasteiger partial charge in [0.25, 0.3) is 5.89 Å². The zero-order chi connectivity index (χ0) is 23.0. The Balaban J connectivity index is 1.20. The SMILES string of the molecule is CS(=O)(=O)N1CCc2cc(-c3nc(CC4CCN(c5ccc(Br)nc5)CC4)no3)ccc2C1. The topological polar surface area (TPSA) is 92.4 Å². The number of aromatic nitrogens is 3. The van der Waals surface area contributed by atoms with Gasteiger partial charge >= 0.3 is 0 Å². The van der Waals surface area contributed by atoms with E-state index < -0.39 is 10.0 Å². The summed E-state index contributed by atoms with van der Waals surface area (Å²) < 4.78 is 31.6. The molecule has 1 saturated heterocycles. The maximum Gasteiger partial charge on any atom is 0.257 e. The number of hydrogen-bond acceptors (Lipinski definition) is 7. The minimum Gasteiger partial charge on any atom is -0.370 e. The Morgan fingerprint density at radius 3 is 2.67 bits per heavy atom. The van der Waals surface area contributed by atoms with E-state index in [9.17, 15) is 8.42 Å². The van der Waals surface area contributed by atoms with Crippen molar-refractivity contribution in [1.29, 1.82) is 0 Å². The molecule has 3 aromatic rings. The molecule has 10 heteroatoms. The molecule has 2 aromatic heterocycles. The van der Waals surface area contributed by atoms with E-state index >= 15 is 0 Å². The van der Waals surface area contributed by atoms with Crippen molar-refractivity contribution in [3.05, 3.63) is 58.1 Å². The minimum absolute atomic E-state index is 0.415. The highest BCUT2D eigenvalue weighted by atomic mass is 79.9. The molecule has 1 fully saturated rings. The molecule has 5 rings (SSSR count). The predicted octanol–water partition coefficient (Wildman–Crippen LogP) is 3.67. The Labute approximate surface area is 202 Å². The molecule has 0 N–H and O–H groups in total. The van der Waals surface area contributed by atoms with Crippen molar-refractivity contribution < 1.29 is 12.9 Å². The van der Waals surface area contributed by atoms with Gasteiger partial charge in [-0.15, -0.1) is 0 Å². The summed E-state index contributed by atoms with van der Waals surface area (Å²) in [6.07, 6.45) is 6.82. The van der Waals surface area contributed by atoms with Gasteiger partial charge in [-0.1, -0.05) is 11.2 Å². The van der Waals surface area contributed by atoms with E-state index in [-0.39, 0.29) is 0 Å². The van der Waals surface area contributed by atoms with Crippen LogP contribution >= 0.6 is 15.9 Å². The number of anilines is 1. The number of rotatable bonds is 5. The van der Waals surface area contributed by atoms with Gasteiger partial charge in [0, 0.05) is 38.2 Å². The summed E-state index contributed by atoms with van der Waals surface area (Å²) in [5, 5.41) is 4.23. The third kappa shape index (κ3) is 5.12. The van der Waals surface area contributed by atoms with Crippen molar-refractivity contribution in [2.75, 3.05) is 30.8 Å². The maximum atomic E-state index is 11.8. The first kappa shape index (κ1) is 22.5. The number of hydrogen-bond donors (Lipinski definition) is 0. The molecule has 174 valence electrons. The molecule has 2 aliphatic heterocycles. The van der Waals surface area contributed by atoms with E-state index in [2.05, 4.69) is 48.1 Å². The Morgan fingerprint density at radius 1 is 1.12 bits per heavy atom. The second-order valence-corrected chi connectivity index (χ2v) is 11.6. The largest absolute Gasteiger partial charge is 0.370 e. The third-order valence-electron chi connectivity index (χ3n) is 6.53. The highest BCUT2D eigenvalue weighted by Gasteiger charge is 2.25. The van der Waals surface area contributed by atoms with Gasteiger partial charge in [-0.2, -0.15) is 9.29 Å². The van der Waals surface area contributed by atoms with Crippen LogP contribution in [0.3, 0.4) is 0 Å². The first-order chi connectivity index (χ1) is 15.8. The summed E-state index contributed by atoms with van der Waals surface area (Å²) in [6.45, 7) is 2.90. The molecule has 2 aliphatic rings. The highest BCUT2D eigenvalue weighted by Crippen LogP contribution is 2.28. The second-order valence-electron chi connectivity index (χ2n) is 8.82. The molecule has 8 nitrogen and oxygen atoms in total. The van der Waals surface area contributed by atoms with Crippen LogP contribution in [0.1, 0.15) is 29.8 Å². The Bertz CT molecular complexity index is 1240. The number of pyridine rings is 1. The molecule has 0 amide bonds. The van der Waals surface area contributed by atoms with Crippen molar-refractivity contribution >= 4 is 31.6 Å². The van der Waals surface area contributed by atoms with Crippen LogP contribution in [0.2, 0.25) is 0 Å². The highest BCUT2D eigenvalue weighted by molar-refractivity contribution is 9.10. The smallest absolute Gasteiger partial charge is 0.257 e. The average molecular weight is 532 g/mol. The fraction of sp³-hybridized carbons (Fsp3) is 0.435. The standard InChI is InChI=1S/C23H26BrN5O3S/c1-33(30,31)29-11-8-17-13-18(2-3-19(17)15-29)23-26-22(27-32-23)12-16-6-9-28(10-7-16)20-4-5-21(24)25-14-20/h2-5,13-14,16H,6-12,15H2,1H3. The van der Waals surface area contributed by atoms with Gasteiger partial charge in [0.05, 0.1) is 18.1 Å². The maximum absolute atomic E-state index is 11.8. The van der Waals surface area contributed by atoms with Crippen LogP contribution in [-0.2, 0) is 29.4 Å². The number of benzene rings is 1. The fourth-order valence-electron chi connectivity index (χ4n) is 4.61. The van der Waals surface area contributed by atoms with Crippen molar-refractivity contribution in [2.45, 2.75) is 32.2 Å². The van der Waals surface area contributed by atoms with Crippen LogP contribution in [0, 0.1) is 5.92 Å². The molecule has 4 heterocycles. The molecular weight excluding hydrogens is 506 g/mol. The van der Waals surface area contributed by atoms with E-state index in [1.54, 1.807) is 0 Å². The molecule has 0 spiro atoms. The molecule has 0 saturated carbocycles. The zero-order valence-electron chi connectivity index (χ0n) is 18.4. The van der Waals surface area contributed by atoms with Crippen molar-refractivity contribution in [3.8, 4) is 11.5 Å². The molecule has 0 radical (unpaired) electrons. The summed E-state index contributed by atoms with van der Waals surface area (Å²) in [6, 6.07) is 10.0. The lowest BCUT2D eigenvalue weighted by molar-refractivity contribution is 0.378. The molecule has 33 heavy (non-hydrogen) atoms. The van der Waals surface area contributed by atoms with Crippen LogP contribution in [0.4, 0.5) is 5.69 Å². The summed E-state index contributed by atoms with van der Waals surface area (Å²) in [4.78, 5) is 11.3. The summed E-state index contributed by atoms with van der Waals surface area (Å²) in [5.74, 6) is 1.80. The van der Waals surface area contributed by atoms with E-state index in [1.807, 2.05) is 24.4 Å². The van der Waals surface area contributed by atoms with Crippen molar-refractivity contribution in [2.24, 2.45) is 5.92 Å². The number of sulfonamides is 1. The van der Waals surface area contributed by atoms with Gasteiger partial charge in [0.1, 0.15) is 4.60 Å². The minimum atomic E-state index is -3.18. The van der Waals surface area contributed by atoms with Crippen molar-refractivity contribution in [3.63, 3.8) is 0 Å². The quantitative estimate of drug-likeness (QED) is 0.463. The van der Waals surface area contributed by atoms with Crippen LogP contribution in [0.25, 0.3) is 11.5 Å². The lowest BCUT2D eigenvalue weighted by atomic mass is 9.93. The summed E-state index contributed by atoms with van der Waals surface area (Å²) in [5.41, 5.74) is 4.22. The van der Waals surface area contributed by atoms with Gasteiger partial charge in [0.15, 0.2) is 5.82 Å². The first-order valence-corrected chi connectivity index (χ1v) is 13.8. The molecule has 0 aliphatic carbocycles. The number of fused-ring (bicyclic) bond motifs is 1. The van der Waals surface area contributed by atoms with E-state index in [0.29, 0.717) is 31.3 Å². The molecule has 0 bridgehead atoms. The lowest BCUT2D eigenvalue weighted by Gasteiger charge is -2.33. The predicted molar refractivity (Wildman–Crippen MR) is 129 cm³/mol. The van der Waals surface area contributed by atoms with E-state index in [1.165, 1.54) is 10.6 Å². The Morgan fingerprint density at radius 2 is 1.94 bits per heavy atom. The monoisotopic (exact) mass is 531 g/mol. The van der Waals surface area contributed by atoms with Crippen LogP contribution in [-0.4, -0.2) is 53.7 Å². The van der Waals surface area contributed by atoms with Crippen molar-refractivity contribution in [1.82, 2.24) is 19.4 Å². The second kappa shape index (κ2) is 9.15. The van der Waals surface area contributed by atoms with E-state index in [4.69, 9.17) is 4.52 Å². The van der Waals surface area contributed by atoms with Crippen LogP contribution < -0.4 is 4.90 Å². The normalized spacial score (nSPS) is 17.8. The van der Waals surface area contributed by atoms with Crippen LogP contribution in [0.5, 0.6) is 0 Å². The van der Waals surface area contributed by atoms with Gasteiger partial charge in [-0.25, -0.2) is 13.4 Å². The molecule has 0 atom stereocenters. The third-order valence-corrected chi connectivity index (χ3v) is 8.25. The zero-order valence-corrected chi connectivity index (χ0v) is 20.8. The van der Waals surface area contributed by atoms with Gasteiger partial charge in [-0.05, 0) is 76.5 Å². The summed E-state index contributed by atoms with van der Waals surface area (Å²) >= 11 is 3.39. The van der Waals surface area contributed by atoms with Crippen LogP contribution in [0.15, 0.2) is 45.7 Å². The first-order valence-electron chi connectivity index (χ1n) is 11.1. The Kier molecular flexibility index (Phi) is 6.24. The van der Waals surface area contributed by atoms with Gasteiger partial charge < -0.3 is 9.42 Å². The summed E-state index contributed by atoms with van der Waals surface area (Å²) in [7, 11) is -3.18. The lowest BCUT2D eigenvalue weighted by Crippen LogP contribution is -2.35.